The first kappa shape index (κ1) is 17.0. The molecule has 0 spiro atoms. The monoisotopic (exact) mass is 380 g/mol. The number of H-pyrrole nitrogens is 1. The van der Waals surface area contributed by atoms with E-state index in [0.29, 0.717) is 17.9 Å². The normalized spacial score (nSPS) is 23.9. The molecule has 0 unspecified atom stereocenters. The molecule has 3 atom stereocenters. The van der Waals surface area contributed by atoms with Gasteiger partial charge in [0.05, 0.1) is 17.3 Å². The third-order valence-electron chi connectivity index (χ3n) is 6.18. The Balaban J connectivity index is 1.23. The summed E-state index contributed by atoms with van der Waals surface area (Å²) in [6.45, 7) is 1.62. The third-order valence-corrected chi connectivity index (χ3v) is 6.18. The van der Waals surface area contributed by atoms with Crippen LogP contribution >= 0.6 is 0 Å². The van der Waals surface area contributed by atoms with E-state index in [1.807, 2.05) is 30.4 Å². The van der Waals surface area contributed by atoms with E-state index >= 15 is 0 Å². The van der Waals surface area contributed by atoms with Crippen LogP contribution < -0.4 is 10.2 Å². The molecule has 2 N–H and O–H groups in total. The number of aromatic nitrogens is 5. The summed E-state index contributed by atoms with van der Waals surface area (Å²) < 4.78 is 1.68. The van der Waals surface area contributed by atoms with Crippen molar-refractivity contribution in [1.82, 2.24) is 29.6 Å². The van der Waals surface area contributed by atoms with E-state index in [9.17, 15) is 4.79 Å². The number of nitrogens with one attached hydrogen (secondary N) is 2. The molecule has 9 nitrogen and oxygen atoms in total. The van der Waals surface area contributed by atoms with Gasteiger partial charge in [-0.3, -0.25) is 4.68 Å². The summed E-state index contributed by atoms with van der Waals surface area (Å²) in [7, 11) is 3.96. The van der Waals surface area contributed by atoms with Crippen molar-refractivity contribution in [2.45, 2.75) is 18.9 Å². The van der Waals surface area contributed by atoms with E-state index in [-0.39, 0.29) is 6.03 Å². The van der Waals surface area contributed by atoms with Gasteiger partial charge in [-0.25, -0.2) is 14.8 Å². The molecule has 3 aromatic rings. The fraction of sp³-hybridized carbons (Fsp3) is 0.474. The molecule has 0 radical (unpaired) electrons. The van der Waals surface area contributed by atoms with Gasteiger partial charge < -0.3 is 20.1 Å². The second-order valence-electron chi connectivity index (χ2n) is 7.93. The Kier molecular flexibility index (Phi) is 3.96. The topological polar surface area (TPSA) is 95.0 Å². The Bertz CT molecular complexity index is 996. The van der Waals surface area contributed by atoms with Crippen LogP contribution in [0.1, 0.15) is 12.8 Å². The van der Waals surface area contributed by atoms with Crippen LogP contribution in [0.2, 0.25) is 0 Å². The van der Waals surface area contributed by atoms with E-state index in [0.717, 1.165) is 48.5 Å². The molecule has 0 bridgehead atoms. The van der Waals surface area contributed by atoms with Gasteiger partial charge in [0.2, 0.25) is 0 Å². The molecule has 2 amide bonds. The number of aryl methyl sites for hydroxylation is 1. The Morgan fingerprint density at radius 2 is 2.07 bits per heavy atom. The van der Waals surface area contributed by atoms with Gasteiger partial charge in [-0.1, -0.05) is 0 Å². The summed E-state index contributed by atoms with van der Waals surface area (Å²) >= 11 is 0. The van der Waals surface area contributed by atoms with Crippen molar-refractivity contribution in [3.05, 3.63) is 31.0 Å². The summed E-state index contributed by atoms with van der Waals surface area (Å²) in [5, 5.41) is 8.09. The zero-order valence-corrected chi connectivity index (χ0v) is 16.0. The van der Waals surface area contributed by atoms with Crippen LogP contribution in [0.3, 0.4) is 0 Å². The van der Waals surface area contributed by atoms with Crippen molar-refractivity contribution in [2.75, 3.05) is 30.4 Å². The zero-order chi connectivity index (χ0) is 19.3. The van der Waals surface area contributed by atoms with E-state index in [1.165, 1.54) is 0 Å². The molecule has 28 heavy (non-hydrogen) atoms. The maximum Gasteiger partial charge on any atom is 0.321 e. The number of hydrogen-bond donors (Lipinski definition) is 2. The molecule has 1 aliphatic heterocycles. The van der Waals surface area contributed by atoms with Crippen LogP contribution in [-0.2, 0) is 7.05 Å². The summed E-state index contributed by atoms with van der Waals surface area (Å²) in [4.78, 5) is 28.7. The number of amides is 2. The highest BCUT2D eigenvalue weighted by Gasteiger charge is 2.44. The molecule has 1 saturated carbocycles. The molecule has 2 aliphatic rings. The van der Waals surface area contributed by atoms with Gasteiger partial charge in [0.1, 0.15) is 17.8 Å². The van der Waals surface area contributed by atoms with E-state index in [4.69, 9.17) is 0 Å². The summed E-state index contributed by atoms with van der Waals surface area (Å²) in [5.74, 6) is 2.05. The van der Waals surface area contributed by atoms with Crippen molar-refractivity contribution >= 4 is 28.6 Å². The predicted octanol–water partition coefficient (Wildman–Crippen LogP) is 2.07. The molecular formula is C19H24N8O. The Labute approximate surface area is 162 Å². The lowest BCUT2D eigenvalue weighted by Crippen LogP contribution is -2.36. The van der Waals surface area contributed by atoms with Crippen molar-refractivity contribution in [2.24, 2.45) is 18.9 Å². The van der Waals surface area contributed by atoms with Gasteiger partial charge >= 0.3 is 6.03 Å². The van der Waals surface area contributed by atoms with E-state index in [2.05, 4.69) is 37.3 Å². The number of nitrogens with zero attached hydrogens (tertiary/aromatic N) is 6. The van der Waals surface area contributed by atoms with Gasteiger partial charge in [0.25, 0.3) is 0 Å². The molecule has 0 aromatic carbocycles. The van der Waals surface area contributed by atoms with Gasteiger partial charge in [0.15, 0.2) is 0 Å². The lowest BCUT2D eigenvalue weighted by atomic mass is 10.0. The van der Waals surface area contributed by atoms with Crippen LogP contribution in [0.15, 0.2) is 31.0 Å². The highest BCUT2D eigenvalue weighted by Crippen LogP contribution is 2.41. The first-order valence-corrected chi connectivity index (χ1v) is 9.64. The lowest BCUT2D eigenvalue weighted by Gasteiger charge is -2.28. The molecule has 3 aromatic heterocycles. The lowest BCUT2D eigenvalue weighted by molar-refractivity contribution is 0.218. The van der Waals surface area contributed by atoms with Crippen LogP contribution in [0.4, 0.5) is 16.3 Å². The fourth-order valence-electron chi connectivity index (χ4n) is 4.75. The predicted molar refractivity (Wildman–Crippen MR) is 106 cm³/mol. The Hall–Kier alpha value is -3.10. The van der Waals surface area contributed by atoms with Crippen molar-refractivity contribution in [3.63, 3.8) is 0 Å². The molecular weight excluding hydrogens is 356 g/mol. The SMILES string of the molecule is CN(c1ncnc2[nH]ccc12)[C@H]1C[C@@H]2CN(C(=O)Nc3cnn(C)c3)C[C@@H]2C1. The number of carbonyl (C=O) groups excluding carboxylic acids is 1. The second-order valence-corrected chi connectivity index (χ2v) is 7.93. The number of aromatic amines is 1. The van der Waals surface area contributed by atoms with E-state index < -0.39 is 0 Å². The van der Waals surface area contributed by atoms with Gasteiger partial charge in [-0.15, -0.1) is 0 Å². The average Bonchev–Trinajstić information content (AvgIpc) is 3.43. The minimum Gasteiger partial charge on any atom is -0.356 e. The van der Waals surface area contributed by atoms with E-state index in [1.54, 1.807) is 17.2 Å². The molecule has 1 saturated heterocycles. The second kappa shape index (κ2) is 6.50. The van der Waals surface area contributed by atoms with Gasteiger partial charge in [-0.05, 0) is 30.7 Å². The van der Waals surface area contributed by atoms with Crippen LogP contribution in [0, 0.1) is 11.8 Å². The quantitative estimate of drug-likeness (QED) is 0.725. The van der Waals surface area contributed by atoms with Crippen LogP contribution in [-0.4, -0.2) is 61.8 Å². The summed E-state index contributed by atoms with van der Waals surface area (Å²) in [6, 6.07) is 2.44. The molecule has 4 heterocycles. The Morgan fingerprint density at radius 3 is 2.79 bits per heavy atom. The number of anilines is 2. The van der Waals surface area contributed by atoms with Crippen LogP contribution in [0.5, 0.6) is 0 Å². The summed E-state index contributed by atoms with van der Waals surface area (Å²) in [6.07, 6.45) is 9.15. The number of hydrogen-bond acceptors (Lipinski definition) is 5. The average molecular weight is 380 g/mol. The van der Waals surface area contributed by atoms with Gasteiger partial charge in [0, 0.05) is 45.6 Å². The molecule has 1 aliphatic carbocycles. The highest BCUT2D eigenvalue weighted by atomic mass is 16.2. The standard InChI is InChI=1S/C19H24N8O/c1-25-10-14(7-23-25)24-19(28)27-8-12-5-15(6-13(12)9-27)26(2)18-16-3-4-20-17(16)21-11-22-18/h3-4,7,10-13,15H,5-6,8-9H2,1-2H3,(H,24,28)(H,20,21,22)/t12-,13+,15+. The number of carbonyl (C=O) groups is 1. The number of urea groups is 1. The minimum atomic E-state index is -0.0304. The number of fused-ring (bicyclic) bond motifs is 2. The molecule has 9 heteroatoms. The summed E-state index contributed by atoms with van der Waals surface area (Å²) in [5.41, 5.74) is 1.61. The minimum absolute atomic E-state index is 0.0304. The number of rotatable bonds is 3. The number of likely N-dealkylation sites (tertiary alicyclic amines) is 1. The molecule has 146 valence electrons. The van der Waals surface area contributed by atoms with Crippen LogP contribution in [0.25, 0.3) is 11.0 Å². The first-order valence-electron chi connectivity index (χ1n) is 9.64. The Morgan fingerprint density at radius 1 is 1.29 bits per heavy atom. The van der Waals surface area contributed by atoms with Crippen molar-refractivity contribution in [1.29, 1.82) is 0 Å². The smallest absolute Gasteiger partial charge is 0.321 e. The highest BCUT2D eigenvalue weighted by molar-refractivity contribution is 5.89. The van der Waals surface area contributed by atoms with Crippen molar-refractivity contribution in [3.8, 4) is 0 Å². The first-order chi connectivity index (χ1) is 13.6. The zero-order valence-electron chi connectivity index (χ0n) is 16.0. The van der Waals surface area contributed by atoms with Crippen molar-refractivity contribution < 1.29 is 4.79 Å². The van der Waals surface area contributed by atoms with Gasteiger partial charge in [-0.2, -0.15) is 5.10 Å². The maximum atomic E-state index is 12.6. The molecule has 5 rings (SSSR count). The molecule has 2 fully saturated rings. The third kappa shape index (κ3) is 2.87. The largest absolute Gasteiger partial charge is 0.356 e. The maximum absolute atomic E-state index is 12.6. The fourth-order valence-corrected chi connectivity index (χ4v) is 4.75.